The van der Waals surface area contributed by atoms with E-state index in [4.69, 9.17) is 5.73 Å². The lowest BCUT2D eigenvalue weighted by atomic mass is 10.3. The molecule has 0 fully saturated rings. The monoisotopic (exact) mass is 263 g/mol. The average Bonchev–Trinajstić information content (AvgIpc) is 2.77. The Morgan fingerprint density at radius 2 is 2.26 bits per heavy atom. The summed E-state index contributed by atoms with van der Waals surface area (Å²) in [6.45, 7) is 0.792. The smallest absolute Gasteiger partial charge is 0.286 e. The summed E-state index contributed by atoms with van der Waals surface area (Å²) in [5, 5.41) is 13.3. The van der Waals surface area contributed by atoms with Crippen molar-refractivity contribution in [1.29, 1.82) is 0 Å². The number of nitrogens with one attached hydrogen (secondary N) is 1. The topological polar surface area (TPSA) is 116 Å². The minimum absolute atomic E-state index is 0.0240. The molecule has 2 aromatic heterocycles. The van der Waals surface area contributed by atoms with E-state index in [1.807, 2.05) is 0 Å². The predicted molar refractivity (Wildman–Crippen MR) is 67.6 cm³/mol. The van der Waals surface area contributed by atoms with Crippen LogP contribution in [0.4, 0.5) is 5.69 Å². The van der Waals surface area contributed by atoms with Gasteiger partial charge in [0, 0.05) is 25.4 Å². The number of nitro groups is 1. The molecule has 0 aromatic carbocycles. The second kappa shape index (κ2) is 5.44. The van der Waals surface area contributed by atoms with Gasteiger partial charge in [0.2, 0.25) is 5.91 Å². The number of amides is 1. The molecule has 2 rings (SSSR count). The lowest BCUT2D eigenvalue weighted by molar-refractivity contribution is -0.385. The third-order valence-electron chi connectivity index (χ3n) is 2.50. The van der Waals surface area contributed by atoms with Gasteiger partial charge in [-0.25, -0.2) is 4.98 Å². The number of pyridine rings is 1. The summed E-state index contributed by atoms with van der Waals surface area (Å²) in [7, 11) is 0. The molecule has 0 radical (unpaired) electrons. The summed E-state index contributed by atoms with van der Waals surface area (Å²) in [6, 6.07) is 2.92. The number of imidazole rings is 1. The minimum atomic E-state index is -0.479. The molecule has 0 aliphatic carbocycles. The van der Waals surface area contributed by atoms with Gasteiger partial charge in [-0.15, -0.1) is 0 Å². The van der Waals surface area contributed by atoms with E-state index in [0.29, 0.717) is 24.4 Å². The van der Waals surface area contributed by atoms with Gasteiger partial charge in [0.25, 0.3) is 5.69 Å². The summed E-state index contributed by atoms with van der Waals surface area (Å²) < 4.78 is 1.53. The van der Waals surface area contributed by atoms with Gasteiger partial charge in [0.05, 0.1) is 23.2 Å². The van der Waals surface area contributed by atoms with Crippen LogP contribution < -0.4 is 11.1 Å². The molecule has 100 valence electrons. The fourth-order valence-corrected chi connectivity index (χ4v) is 1.66. The maximum Gasteiger partial charge on any atom is 0.286 e. The Bertz CT molecular complexity index is 622. The van der Waals surface area contributed by atoms with Crippen LogP contribution in [0.25, 0.3) is 5.65 Å². The van der Waals surface area contributed by atoms with Crippen LogP contribution in [-0.2, 0) is 11.2 Å². The SMILES string of the molecule is NCCNC(=O)Cc1cn2cc([N+](=O)[O-])ccc2n1. The first-order valence-electron chi connectivity index (χ1n) is 5.69. The highest BCUT2D eigenvalue weighted by Gasteiger charge is 2.10. The van der Waals surface area contributed by atoms with Crippen molar-refractivity contribution in [3.63, 3.8) is 0 Å². The number of carbonyl (C=O) groups is 1. The molecule has 0 spiro atoms. The molecule has 0 saturated carbocycles. The maximum atomic E-state index is 11.5. The van der Waals surface area contributed by atoms with Crippen LogP contribution in [0.2, 0.25) is 0 Å². The van der Waals surface area contributed by atoms with Crippen molar-refractivity contribution in [3.8, 4) is 0 Å². The van der Waals surface area contributed by atoms with Crippen LogP contribution in [0.3, 0.4) is 0 Å². The van der Waals surface area contributed by atoms with E-state index in [9.17, 15) is 14.9 Å². The van der Waals surface area contributed by atoms with Crippen molar-refractivity contribution >= 4 is 17.2 Å². The van der Waals surface area contributed by atoms with E-state index in [1.54, 1.807) is 12.3 Å². The molecule has 1 amide bonds. The number of hydrogen-bond donors (Lipinski definition) is 2. The van der Waals surface area contributed by atoms with Crippen molar-refractivity contribution in [3.05, 3.63) is 40.3 Å². The number of rotatable bonds is 5. The molecule has 0 atom stereocenters. The molecule has 3 N–H and O–H groups in total. The molecule has 0 bridgehead atoms. The summed E-state index contributed by atoms with van der Waals surface area (Å²) in [6.07, 6.45) is 3.09. The zero-order valence-electron chi connectivity index (χ0n) is 10.1. The van der Waals surface area contributed by atoms with Crippen LogP contribution in [0.15, 0.2) is 24.5 Å². The Labute approximate surface area is 108 Å². The van der Waals surface area contributed by atoms with Crippen molar-refractivity contribution < 1.29 is 9.72 Å². The molecule has 0 aliphatic rings. The number of nitrogens with two attached hydrogens (primary N) is 1. The van der Waals surface area contributed by atoms with Crippen molar-refractivity contribution in [2.45, 2.75) is 6.42 Å². The van der Waals surface area contributed by atoms with Gasteiger partial charge in [0.1, 0.15) is 5.65 Å². The third kappa shape index (κ3) is 3.05. The molecule has 19 heavy (non-hydrogen) atoms. The van der Waals surface area contributed by atoms with E-state index in [-0.39, 0.29) is 18.0 Å². The van der Waals surface area contributed by atoms with E-state index in [1.165, 1.54) is 16.7 Å². The summed E-state index contributed by atoms with van der Waals surface area (Å²) in [5.41, 5.74) is 6.37. The average molecular weight is 263 g/mol. The highest BCUT2D eigenvalue weighted by molar-refractivity contribution is 5.78. The maximum absolute atomic E-state index is 11.5. The molecule has 0 saturated heterocycles. The van der Waals surface area contributed by atoms with Crippen molar-refractivity contribution in [2.24, 2.45) is 5.73 Å². The molecule has 0 unspecified atom stereocenters. The first kappa shape index (κ1) is 13.0. The number of carbonyl (C=O) groups excluding carboxylic acids is 1. The van der Waals surface area contributed by atoms with Crippen LogP contribution in [-0.4, -0.2) is 33.3 Å². The summed E-state index contributed by atoms with van der Waals surface area (Å²) in [5.74, 6) is -0.177. The second-order valence-corrected chi connectivity index (χ2v) is 3.96. The second-order valence-electron chi connectivity index (χ2n) is 3.96. The highest BCUT2D eigenvalue weighted by Crippen LogP contribution is 2.13. The first-order valence-corrected chi connectivity index (χ1v) is 5.69. The molecule has 2 aromatic rings. The molecule has 0 aliphatic heterocycles. The van der Waals surface area contributed by atoms with Gasteiger partial charge < -0.3 is 11.1 Å². The Balaban J connectivity index is 2.17. The Morgan fingerprint density at radius 3 is 2.95 bits per heavy atom. The van der Waals surface area contributed by atoms with Crippen LogP contribution >= 0.6 is 0 Å². The lowest BCUT2D eigenvalue weighted by Gasteiger charge is -2.00. The molecular formula is C11H13N5O3. The van der Waals surface area contributed by atoms with Crippen molar-refractivity contribution in [1.82, 2.24) is 14.7 Å². The largest absolute Gasteiger partial charge is 0.354 e. The van der Waals surface area contributed by atoms with E-state index in [0.717, 1.165) is 0 Å². The Morgan fingerprint density at radius 1 is 1.47 bits per heavy atom. The number of fused-ring (bicyclic) bond motifs is 1. The normalized spacial score (nSPS) is 10.6. The summed E-state index contributed by atoms with van der Waals surface area (Å²) >= 11 is 0. The van der Waals surface area contributed by atoms with Crippen LogP contribution in [0, 0.1) is 10.1 Å². The standard InChI is InChI=1S/C11H13N5O3/c12-3-4-13-11(17)5-8-6-15-7-9(16(18)19)1-2-10(15)14-8/h1-2,6-7H,3-5,12H2,(H,13,17). The van der Waals surface area contributed by atoms with Crippen molar-refractivity contribution in [2.75, 3.05) is 13.1 Å². The predicted octanol–water partition coefficient (Wildman–Crippen LogP) is -0.140. The van der Waals surface area contributed by atoms with Gasteiger partial charge >= 0.3 is 0 Å². The van der Waals surface area contributed by atoms with E-state index >= 15 is 0 Å². The van der Waals surface area contributed by atoms with E-state index in [2.05, 4.69) is 10.3 Å². The highest BCUT2D eigenvalue weighted by atomic mass is 16.6. The van der Waals surface area contributed by atoms with Gasteiger partial charge in [0.15, 0.2) is 0 Å². The van der Waals surface area contributed by atoms with Gasteiger partial charge in [-0.1, -0.05) is 0 Å². The Kier molecular flexibility index (Phi) is 3.71. The number of hydrogen-bond acceptors (Lipinski definition) is 5. The van der Waals surface area contributed by atoms with Gasteiger partial charge in [-0.05, 0) is 6.07 Å². The van der Waals surface area contributed by atoms with Crippen LogP contribution in [0.1, 0.15) is 5.69 Å². The molecule has 2 heterocycles. The first-order chi connectivity index (χ1) is 9.10. The summed E-state index contributed by atoms with van der Waals surface area (Å²) in [4.78, 5) is 25.9. The van der Waals surface area contributed by atoms with Crippen LogP contribution in [0.5, 0.6) is 0 Å². The third-order valence-corrected chi connectivity index (χ3v) is 2.50. The number of nitrogens with zero attached hydrogens (tertiary/aromatic N) is 3. The van der Waals surface area contributed by atoms with Gasteiger partial charge in [-0.2, -0.15) is 0 Å². The molecular weight excluding hydrogens is 250 g/mol. The Hall–Kier alpha value is -2.48. The quantitative estimate of drug-likeness (QED) is 0.575. The molecule has 8 nitrogen and oxygen atoms in total. The lowest BCUT2D eigenvalue weighted by Crippen LogP contribution is -2.30. The number of aromatic nitrogens is 2. The molecule has 8 heteroatoms. The zero-order valence-corrected chi connectivity index (χ0v) is 10.1. The van der Waals surface area contributed by atoms with Gasteiger partial charge in [-0.3, -0.25) is 19.3 Å². The fourth-order valence-electron chi connectivity index (χ4n) is 1.66. The van der Waals surface area contributed by atoms with E-state index < -0.39 is 4.92 Å². The minimum Gasteiger partial charge on any atom is -0.354 e. The fraction of sp³-hybridized carbons (Fsp3) is 0.273. The zero-order chi connectivity index (χ0) is 13.8.